The Labute approximate surface area is 124 Å². The molecule has 2 aromatic rings. The molecule has 0 bridgehead atoms. The second-order valence-corrected chi connectivity index (χ2v) is 5.14. The Morgan fingerprint density at radius 1 is 1.47 bits per heavy atom. The molecule has 0 spiro atoms. The van der Waals surface area contributed by atoms with E-state index in [1.807, 2.05) is 52.7 Å². The number of nitrogens with one attached hydrogen (secondary N) is 1. The summed E-state index contributed by atoms with van der Waals surface area (Å²) in [5.74, 6) is -0.279. The smallest absolute Gasteiger partial charge is 0.271 e. The van der Waals surface area contributed by atoms with Gasteiger partial charge < -0.3 is 9.67 Å². The number of hydrogen-bond acceptors (Lipinski definition) is 3. The van der Waals surface area contributed by atoms with E-state index in [9.17, 15) is 9.90 Å². The van der Waals surface area contributed by atoms with Gasteiger partial charge in [0.05, 0.1) is 9.78 Å². The number of carbonyl (C=O) groups excluding carboxylic acids is 1. The molecule has 2 rings (SSSR count). The molecular formula is C13H12IN3O2. The van der Waals surface area contributed by atoms with Crippen LogP contribution in [0.4, 0.5) is 0 Å². The molecule has 0 radical (unpaired) electrons. The summed E-state index contributed by atoms with van der Waals surface area (Å²) in [5.41, 5.74) is 3.67. The first-order valence-electron chi connectivity index (χ1n) is 5.50. The molecule has 19 heavy (non-hydrogen) atoms. The van der Waals surface area contributed by atoms with Crippen molar-refractivity contribution in [1.82, 2.24) is 9.99 Å². The molecule has 0 unspecified atom stereocenters. The van der Waals surface area contributed by atoms with Gasteiger partial charge in [-0.1, -0.05) is 0 Å². The first-order valence-corrected chi connectivity index (χ1v) is 6.58. The number of aromatic nitrogens is 1. The minimum Gasteiger partial charge on any atom is -0.507 e. The fraction of sp³-hybridized carbons (Fsp3) is 0.0769. The lowest BCUT2D eigenvalue weighted by atomic mass is 10.2. The van der Waals surface area contributed by atoms with Crippen molar-refractivity contribution >= 4 is 34.7 Å². The molecule has 1 aromatic heterocycles. The lowest BCUT2D eigenvalue weighted by Gasteiger charge is -2.01. The highest BCUT2D eigenvalue weighted by Gasteiger charge is 2.06. The first kappa shape index (κ1) is 13.6. The van der Waals surface area contributed by atoms with Crippen LogP contribution >= 0.6 is 22.6 Å². The molecule has 2 N–H and O–H groups in total. The molecule has 0 saturated heterocycles. The molecule has 1 aromatic carbocycles. The van der Waals surface area contributed by atoms with Crippen molar-refractivity contribution in [3.05, 3.63) is 51.4 Å². The third-order valence-electron chi connectivity index (χ3n) is 2.44. The van der Waals surface area contributed by atoms with Gasteiger partial charge in [-0.15, -0.1) is 0 Å². The van der Waals surface area contributed by atoms with Crippen LogP contribution < -0.4 is 5.43 Å². The van der Waals surface area contributed by atoms with Crippen LogP contribution in [0, 0.1) is 3.57 Å². The predicted molar refractivity (Wildman–Crippen MR) is 81.3 cm³/mol. The van der Waals surface area contributed by atoms with Crippen LogP contribution in [0.3, 0.4) is 0 Å². The zero-order chi connectivity index (χ0) is 13.8. The Kier molecular flexibility index (Phi) is 4.20. The van der Waals surface area contributed by atoms with E-state index in [4.69, 9.17) is 0 Å². The molecule has 0 aliphatic heterocycles. The molecule has 0 fully saturated rings. The molecule has 0 saturated carbocycles. The Hall–Kier alpha value is -1.83. The molecule has 1 heterocycles. The number of benzene rings is 1. The number of phenols is 1. The van der Waals surface area contributed by atoms with E-state index in [0.29, 0.717) is 9.13 Å². The van der Waals surface area contributed by atoms with E-state index in [1.165, 1.54) is 6.07 Å². The van der Waals surface area contributed by atoms with Crippen molar-refractivity contribution in [2.45, 2.75) is 0 Å². The van der Waals surface area contributed by atoms with Crippen molar-refractivity contribution in [3.63, 3.8) is 0 Å². The number of rotatable bonds is 3. The fourth-order valence-corrected chi connectivity index (χ4v) is 1.82. The first-order chi connectivity index (χ1) is 9.06. The van der Waals surface area contributed by atoms with E-state index in [1.54, 1.807) is 18.3 Å². The summed E-state index contributed by atoms with van der Waals surface area (Å²) in [5, 5.41) is 13.4. The predicted octanol–water partition coefficient (Wildman–Crippen LogP) is 2.10. The van der Waals surface area contributed by atoms with Gasteiger partial charge in [-0.2, -0.15) is 5.10 Å². The van der Waals surface area contributed by atoms with Gasteiger partial charge in [-0.3, -0.25) is 4.79 Å². The summed E-state index contributed by atoms with van der Waals surface area (Å²) >= 11 is 1.99. The Bertz CT molecular complexity index is 635. The second kappa shape index (κ2) is 5.87. The van der Waals surface area contributed by atoms with Crippen molar-refractivity contribution in [1.29, 1.82) is 0 Å². The third kappa shape index (κ3) is 3.57. The van der Waals surface area contributed by atoms with E-state index >= 15 is 0 Å². The van der Waals surface area contributed by atoms with Crippen LogP contribution in [0.5, 0.6) is 5.75 Å². The number of nitrogens with zero attached hydrogens (tertiary/aromatic N) is 2. The average Bonchev–Trinajstić information content (AvgIpc) is 2.78. The maximum Gasteiger partial charge on any atom is 0.271 e. The minimum atomic E-state index is -0.362. The molecule has 6 heteroatoms. The van der Waals surface area contributed by atoms with Gasteiger partial charge >= 0.3 is 0 Å². The van der Waals surface area contributed by atoms with E-state index in [2.05, 4.69) is 10.5 Å². The quantitative estimate of drug-likeness (QED) is 0.495. The van der Waals surface area contributed by atoms with Crippen molar-refractivity contribution in [2.24, 2.45) is 12.1 Å². The number of halogens is 1. The number of hydrogen-bond donors (Lipinski definition) is 2. The summed E-state index contributed by atoms with van der Waals surface area (Å²) in [6.07, 6.45) is 5.33. The van der Waals surface area contributed by atoms with E-state index in [0.717, 1.165) is 5.56 Å². The van der Waals surface area contributed by atoms with Crippen molar-refractivity contribution < 1.29 is 9.90 Å². The standard InChI is InChI=1S/C13H12IN3O2/c1-17-5-4-9(8-17)7-15-16-13(19)10-2-3-11(14)12(18)6-10/h2-8,18H,1H3,(H,16,19)/b15-7-. The summed E-state index contributed by atoms with van der Waals surface area (Å²) in [7, 11) is 1.91. The maximum absolute atomic E-state index is 11.8. The Balaban J connectivity index is 2.01. The van der Waals surface area contributed by atoms with Gasteiger partial charge in [0.1, 0.15) is 5.75 Å². The normalized spacial score (nSPS) is 10.8. The summed E-state index contributed by atoms with van der Waals surface area (Å²) in [6.45, 7) is 0. The zero-order valence-corrected chi connectivity index (χ0v) is 12.3. The van der Waals surface area contributed by atoms with Crippen LogP contribution in [0.15, 0.2) is 41.8 Å². The summed E-state index contributed by atoms with van der Waals surface area (Å²) in [4.78, 5) is 11.8. The summed E-state index contributed by atoms with van der Waals surface area (Å²) in [6, 6.07) is 6.60. The second-order valence-electron chi connectivity index (χ2n) is 3.98. The number of phenolic OH excluding ortho intramolecular Hbond substituents is 1. The highest BCUT2D eigenvalue weighted by atomic mass is 127. The Morgan fingerprint density at radius 2 is 2.26 bits per heavy atom. The average molecular weight is 369 g/mol. The molecule has 0 atom stereocenters. The molecule has 1 amide bonds. The number of aromatic hydroxyl groups is 1. The number of hydrazone groups is 1. The number of aryl methyl sites for hydroxylation is 1. The molecule has 5 nitrogen and oxygen atoms in total. The zero-order valence-electron chi connectivity index (χ0n) is 10.2. The van der Waals surface area contributed by atoms with Crippen molar-refractivity contribution in [3.8, 4) is 5.75 Å². The van der Waals surface area contributed by atoms with Gasteiger partial charge in [0, 0.05) is 30.6 Å². The molecule has 0 aliphatic carbocycles. The Morgan fingerprint density at radius 3 is 2.89 bits per heavy atom. The lowest BCUT2D eigenvalue weighted by molar-refractivity contribution is 0.0954. The van der Waals surface area contributed by atoms with Crippen LogP contribution in [0.25, 0.3) is 0 Å². The van der Waals surface area contributed by atoms with Gasteiger partial charge in [0.15, 0.2) is 0 Å². The van der Waals surface area contributed by atoms with Gasteiger partial charge in [-0.05, 0) is 46.9 Å². The molecule has 0 aliphatic rings. The largest absolute Gasteiger partial charge is 0.507 e. The highest BCUT2D eigenvalue weighted by Crippen LogP contribution is 2.20. The summed E-state index contributed by atoms with van der Waals surface area (Å²) < 4.78 is 2.59. The monoisotopic (exact) mass is 369 g/mol. The van der Waals surface area contributed by atoms with Gasteiger partial charge in [0.2, 0.25) is 0 Å². The lowest BCUT2D eigenvalue weighted by Crippen LogP contribution is -2.17. The van der Waals surface area contributed by atoms with Gasteiger partial charge in [0.25, 0.3) is 5.91 Å². The highest BCUT2D eigenvalue weighted by molar-refractivity contribution is 14.1. The fourth-order valence-electron chi connectivity index (χ4n) is 1.49. The van der Waals surface area contributed by atoms with Crippen LogP contribution in [-0.2, 0) is 7.05 Å². The van der Waals surface area contributed by atoms with Crippen LogP contribution in [-0.4, -0.2) is 21.8 Å². The minimum absolute atomic E-state index is 0.0836. The van der Waals surface area contributed by atoms with Crippen LogP contribution in [0.1, 0.15) is 15.9 Å². The number of amides is 1. The maximum atomic E-state index is 11.8. The SMILES string of the molecule is Cn1ccc(/C=N\NC(=O)c2ccc(I)c(O)c2)c1. The van der Waals surface area contributed by atoms with Crippen LogP contribution in [0.2, 0.25) is 0 Å². The molecular weight excluding hydrogens is 357 g/mol. The number of carbonyl (C=O) groups is 1. The van der Waals surface area contributed by atoms with E-state index < -0.39 is 0 Å². The van der Waals surface area contributed by atoms with Crippen molar-refractivity contribution in [2.75, 3.05) is 0 Å². The third-order valence-corrected chi connectivity index (χ3v) is 3.36. The topological polar surface area (TPSA) is 66.6 Å². The van der Waals surface area contributed by atoms with E-state index in [-0.39, 0.29) is 11.7 Å². The molecule has 98 valence electrons. The van der Waals surface area contributed by atoms with Gasteiger partial charge in [-0.25, -0.2) is 5.43 Å².